The number of allylic oxidation sites excluding steroid dienone is 4. The Balaban J connectivity index is 0.00000162. The van der Waals surface area contributed by atoms with E-state index in [-0.39, 0.29) is 5.41 Å². The van der Waals surface area contributed by atoms with E-state index in [1.54, 1.807) is 0 Å². The highest BCUT2D eigenvalue weighted by Gasteiger charge is 2.36. The van der Waals surface area contributed by atoms with E-state index in [0.29, 0.717) is 0 Å². The monoisotopic (exact) mass is 795 g/mol. The summed E-state index contributed by atoms with van der Waals surface area (Å²) in [5, 5.41) is 0. The Morgan fingerprint density at radius 1 is 0.450 bits per heavy atom. The predicted octanol–water partition coefficient (Wildman–Crippen LogP) is 17.4. The second-order valence-corrected chi connectivity index (χ2v) is 17.3. The van der Waals surface area contributed by atoms with Crippen LogP contribution in [0.5, 0.6) is 0 Å². The Labute approximate surface area is 361 Å². The van der Waals surface area contributed by atoms with Crippen LogP contribution in [0.1, 0.15) is 70.2 Å². The minimum Gasteiger partial charge on any atom is -0.310 e. The summed E-state index contributed by atoms with van der Waals surface area (Å²) in [5.74, 6) is 0. The zero-order valence-electron chi connectivity index (χ0n) is 35.6. The molecule has 0 atom stereocenters. The Kier molecular flexibility index (Phi) is 12.0. The zero-order valence-corrected chi connectivity index (χ0v) is 36.4. The Hall–Kier alpha value is -6.48. The van der Waals surface area contributed by atoms with Gasteiger partial charge in [0.1, 0.15) is 0 Å². The van der Waals surface area contributed by atoms with E-state index in [2.05, 4.69) is 247 Å². The highest BCUT2D eigenvalue weighted by atomic mass is 32.1. The van der Waals surface area contributed by atoms with Crippen LogP contribution < -0.4 is 4.90 Å². The molecule has 0 saturated heterocycles. The molecule has 296 valence electrons. The second-order valence-electron chi connectivity index (χ2n) is 16.2. The van der Waals surface area contributed by atoms with Gasteiger partial charge in [-0.1, -0.05) is 180 Å². The Morgan fingerprint density at radius 3 is 1.43 bits per heavy atom. The van der Waals surface area contributed by atoms with Gasteiger partial charge in [0.25, 0.3) is 0 Å². The SMILES string of the molecule is C/C(=C\C=C(/C)c1ccc(N(c2ccc(-c3ccc(-c4ccccc4)s3)cc2)c2ccc3c(c2)C(C)(C)c2cc(-c4ccccc4)ccc2-3)cc1)c1ccccc1.CCC. The average molecular weight is 796 g/mol. The lowest BCUT2D eigenvalue weighted by atomic mass is 9.81. The third-order valence-electron chi connectivity index (χ3n) is 11.5. The van der Waals surface area contributed by atoms with Gasteiger partial charge in [-0.05, 0) is 135 Å². The smallest absolute Gasteiger partial charge is 0.0465 e. The zero-order chi connectivity index (χ0) is 41.6. The lowest BCUT2D eigenvalue weighted by Gasteiger charge is -2.28. The number of rotatable bonds is 9. The van der Waals surface area contributed by atoms with Gasteiger partial charge in [0.15, 0.2) is 0 Å². The maximum atomic E-state index is 2.42. The number of anilines is 3. The van der Waals surface area contributed by atoms with Gasteiger partial charge in [0.2, 0.25) is 0 Å². The molecule has 2 heteroatoms. The maximum Gasteiger partial charge on any atom is 0.0465 e. The molecule has 0 aliphatic heterocycles. The third kappa shape index (κ3) is 8.35. The summed E-state index contributed by atoms with van der Waals surface area (Å²) >= 11 is 1.84. The molecule has 0 saturated carbocycles. The molecular formula is C58H53NS. The van der Waals surface area contributed by atoms with Crippen molar-refractivity contribution in [3.05, 3.63) is 222 Å². The quantitative estimate of drug-likeness (QED) is 0.132. The van der Waals surface area contributed by atoms with Gasteiger partial charge in [0, 0.05) is 32.2 Å². The predicted molar refractivity (Wildman–Crippen MR) is 263 cm³/mol. The summed E-state index contributed by atoms with van der Waals surface area (Å²) in [5.41, 5.74) is 18.5. The first kappa shape index (κ1) is 40.3. The molecule has 0 bridgehead atoms. The van der Waals surface area contributed by atoms with Crippen molar-refractivity contribution in [3.8, 4) is 43.1 Å². The molecule has 9 rings (SSSR count). The minimum absolute atomic E-state index is 0.159. The van der Waals surface area contributed by atoms with Crippen LogP contribution in [0, 0.1) is 0 Å². The largest absolute Gasteiger partial charge is 0.310 e. The maximum absolute atomic E-state index is 2.42. The van der Waals surface area contributed by atoms with E-state index in [9.17, 15) is 0 Å². The van der Waals surface area contributed by atoms with Crippen LogP contribution in [0.15, 0.2) is 200 Å². The number of thiophene rings is 1. The lowest BCUT2D eigenvalue weighted by Crippen LogP contribution is -2.16. The van der Waals surface area contributed by atoms with Crippen LogP contribution in [0.25, 0.3) is 54.3 Å². The first-order valence-electron chi connectivity index (χ1n) is 21.2. The van der Waals surface area contributed by atoms with Crippen LogP contribution in [0.2, 0.25) is 0 Å². The van der Waals surface area contributed by atoms with Crippen molar-refractivity contribution >= 4 is 39.5 Å². The normalized spacial score (nSPS) is 12.9. The molecule has 8 aromatic rings. The van der Waals surface area contributed by atoms with Crippen LogP contribution in [0.3, 0.4) is 0 Å². The van der Waals surface area contributed by atoms with Gasteiger partial charge < -0.3 is 4.90 Å². The highest BCUT2D eigenvalue weighted by molar-refractivity contribution is 7.18. The summed E-state index contributed by atoms with van der Waals surface area (Å²) < 4.78 is 0. The molecule has 0 spiro atoms. The van der Waals surface area contributed by atoms with Gasteiger partial charge >= 0.3 is 0 Å². The molecule has 0 unspecified atom stereocenters. The average Bonchev–Trinajstić information content (AvgIpc) is 3.88. The molecule has 1 aromatic heterocycles. The molecule has 0 amide bonds. The summed E-state index contributed by atoms with van der Waals surface area (Å²) in [6.07, 6.45) is 5.70. The van der Waals surface area contributed by atoms with Crippen molar-refractivity contribution in [2.45, 2.75) is 53.4 Å². The van der Waals surface area contributed by atoms with Crippen LogP contribution >= 0.6 is 11.3 Å². The van der Waals surface area contributed by atoms with E-state index < -0.39 is 0 Å². The number of hydrogen-bond acceptors (Lipinski definition) is 2. The fraction of sp³-hybridized carbons (Fsp3) is 0.138. The van der Waals surface area contributed by atoms with Crippen molar-refractivity contribution in [2.75, 3.05) is 4.90 Å². The van der Waals surface area contributed by atoms with E-state index in [0.717, 1.165) is 17.1 Å². The van der Waals surface area contributed by atoms with Gasteiger partial charge in [-0.2, -0.15) is 0 Å². The Bertz CT molecular complexity index is 2750. The van der Waals surface area contributed by atoms with Crippen LogP contribution in [-0.2, 0) is 5.41 Å². The topological polar surface area (TPSA) is 3.24 Å². The Morgan fingerprint density at radius 2 is 0.867 bits per heavy atom. The van der Waals surface area contributed by atoms with Gasteiger partial charge in [-0.3, -0.25) is 0 Å². The molecule has 0 fully saturated rings. The van der Waals surface area contributed by atoms with Crippen molar-refractivity contribution < 1.29 is 0 Å². The fourth-order valence-electron chi connectivity index (χ4n) is 8.16. The summed E-state index contributed by atoms with van der Waals surface area (Å²) in [4.78, 5) is 4.95. The van der Waals surface area contributed by atoms with Crippen molar-refractivity contribution in [1.29, 1.82) is 0 Å². The molecule has 1 nitrogen and oxygen atoms in total. The molecule has 60 heavy (non-hydrogen) atoms. The number of nitrogens with zero attached hydrogens (tertiary/aromatic N) is 1. The standard InChI is InChI=1S/C55H45NS.C3H8/c1-38(40-14-8-5-9-15-40)20-21-39(2)41-22-27-46(28-23-41)56(47-29-24-44(25-30-47)54-35-34-53(57-54)43-18-12-7-13-19-43)48-31-33-50-49-32-26-45(42-16-10-6-11-17-42)36-51(49)55(3,4)52(50)37-48;1-3-2/h5-37H,1-4H3;3H2,1-2H3/b38-20+,39-21+;. The molecule has 0 N–H and O–H groups in total. The summed E-state index contributed by atoms with van der Waals surface area (Å²) in [6, 6.07) is 68.6. The van der Waals surface area contributed by atoms with Crippen LogP contribution in [0.4, 0.5) is 17.1 Å². The first-order chi connectivity index (χ1) is 29.2. The van der Waals surface area contributed by atoms with Gasteiger partial charge in [-0.15, -0.1) is 11.3 Å². The molecule has 1 aliphatic carbocycles. The number of benzene rings is 7. The van der Waals surface area contributed by atoms with Gasteiger partial charge in [-0.25, -0.2) is 0 Å². The summed E-state index contributed by atoms with van der Waals surface area (Å²) in [6.45, 7) is 13.4. The van der Waals surface area contributed by atoms with E-state index >= 15 is 0 Å². The summed E-state index contributed by atoms with van der Waals surface area (Å²) in [7, 11) is 0. The molecule has 0 radical (unpaired) electrons. The fourth-order valence-corrected chi connectivity index (χ4v) is 9.18. The van der Waals surface area contributed by atoms with Gasteiger partial charge in [0.05, 0.1) is 0 Å². The van der Waals surface area contributed by atoms with Crippen molar-refractivity contribution in [2.24, 2.45) is 0 Å². The minimum atomic E-state index is -0.159. The van der Waals surface area contributed by atoms with E-state index in [1.807, 2.05) is 11.3 Å². The van der Waals surface area contributed by atoms with E-state index in [1.165, 1.54) is 83.0 Å². The second kappa shape index (κ2) is 17.8. The number of hydrogen-bond donors (Lipinski definition) is 0. The third-order valence-corrected chi connectivity index (χ3v) is 12.7. The first-order valence-corrected chi connectivity index (χ1v) is 22.0. The number of fused-ring (bicyclic) bond motifs is 3. The molecular weight excluding hydrogens is 743 g/mol. The van der Waals surface area contributed by atoms with Crippen molar-refractivity contribution in [1.82, 2.24) is 0 Å². The van der Waals surface area contributed by atoms with Crippen molar-refractivity contribution in [3.63, 3.8) is 0 Å². The lowest BCUT2D eigenvalue weighted by molar-refractivity contribution is 0.660. The highest BCUT2D eigenvalue weighted by Crippen LogP contribution is 2.51. The van der Waals surface area contributed by atoms with Crippen LogP contribution in [-0.4, -0.2) is 0 Å². The molecule has 7 aromatic carbocycles. The molecule has 1 heterocycles. The molecule has 1 aliphatic rings. The van der Waals surface area contributed by atoms with E-state index in [4.69, 9.17) is 0 Å².